The van der Waals surface area contributed by atoms with Crippen LogP contribution in [0.5, 0.6) is 5.75 Å². The summed E-state index contributed by atoms with van der Waals surface area (Å²) in [6.45, 7) is 4.30. The molecule has 158 valence electrons. The fraction of sp³-hybridized carbons (Fsp3) is 0.381. The lowest BCUT2D eigenvalue weighted by molar-refractivity contribution is -0.116. The van der Waals surface area contributed by atoms with Crippen molar-refractivity contribution >= 4 is 38.9 Å². The van der Waals surface area contributed by atoms with Crippen LogP contribution in [0.1, 0.15) is 38.2 Å². The molecular formula is C21H27ClN2O4S. The van der Waals surface area contributed by atoms with E-state index in [0.717, 1.165) is 17.5 Å². The molecule has 0 heterocycles. The fourth-order valence-electron chi connectivity index (χ4n) is 3.01. The summed E-state index contributed by atoms with van der Waals surface area (Å²) in [6, 6.07) is 12.5. The number of sulfonamides is 1. The van der Waals surface area contributed by atoms with Gasteiger partial charge in [0.05, 0.1) is 24.1 Å². The summed E-state index contributed by atoms with van der Waals surface area (Å²) in [7, 11) is -2.04. The van der Waals surface area contributed by atoms with Crippen LogP contribution in [0.15, 0.2) is 42.5 Å². The minimum atomic E-state index is -3.53. The third-order valence-corrected chi connectivity index (χ3v) is 5.94. The summed E-state index contributed by atoms with van der Waals surface area (Å²) in [5.41, 5.74) is 2.28. The number of halogens is 1. The quantitative estimate of drug-likeness (QED) is 0.617. The number of ether oxygens (including phenoxy) is 1. The second kappa shape index (κ2) is 9.98. The van der Waals surface area contributed by atoms with Crippen LogP contribution in [0.3, 0.4) is 0 Å². The standard InChI is InChI=1S/C21H27ClN2O4S/c1-15(2)17-8-5-6-9-19(17)23-21(25)10-7-13-24(29(4,26)27)16-11-12-20(28-3)18(22)14-16/h5-6,8-9,11-12,14-15H,7,10,13H2,1-4H3,(H,23,25). The van der Waals surface area contributed by atoms with E-state index in [1.807, 2.05) is 24.3 Å². The van der Waals surface area contributed by atoms with Gasteiger partial charge in [0, 0.05) is 18.7 Å². The van der Waals surface area contributed by atoms with Gasteiger partial charge in [-0.15, -0.1) is 0 Å². The number of rotatable bonds is 9. The first-order valence-electron chi connectivity index (χ1n) is 9.33. The van der Waals surface area contributed by atoms with Crippen molar-refractivity contribution in [2.24, 2.45) is 0 Å². The van der Waals surface area contributed by atoms with Gasteiger partial charge < -0.3 is 10.1 Å². The SMILES string of the molecule is COc1ccc(N(CCCC(=O)Nc2ccccc2C(C)C)S(C)(=O)=O)cc1Cl. The van der Waals surface area contributed by atoms with Crippen molar-refractivity contribution in [1.29, 1.82) is 0 Å². The van der Waals surface area contributed by atoms with Gasteiger partial charge in [-0.3, -0.25) is 9.10 Å². The molecule has 29 heavy (non-hydrogen) atoms. The average Bonchev–Trinajstić information content (AvgIpc) is 2.64. The first kappa shape index (κ1) is 23.0. The molecule has 1 N–H and O–H groups in total. The van der Waals surface area contributed by atoms with Gasteiger partial charge >= 0.3 is 0 Å². The van der Waals surface area contributed by atoms with Gasteiger partial charge in [-0.1, -0.05) is 43.6 Å². The van der Waals surface area contributed by atoms with Crippen LogP contribution >= 0.6 is 11.6 Å². The summed E-state index contributed by atoms with van der Waals surface area (Å²) in [5.74, 6) is 0.596. The molecular weight excluding hydrogens is 412 g/mol. The summed E-state index contributed by atoms with van der Waals surface area (Å²) in [6.07, 6.45) is 1.69. The van der Waals surface area contributed by atoms with Crippen LogP contribution in [-0.2, 0) is 14.8 Å². The summed E-state index contributed by atoms with van der Waals surface area (Å²) in [5, 5.41) is 3.24. The van der Waals surface area contributed by atoms with Crippen molar-refractivity contribution in [1.82, 2.24) is 0 Å². The predicted molar refractivity (Wildman–Crippen MR) is 119 cm³/mol. The lowest BCUT2D eigenvalue weighted by Gasteiger charge is -2.23. The van der Waals surface area contributed by atoms with Crippen LogP contribution in [0, 0.1) is 0 Å². The molecule has 0 aromatic heterocycles. The zero-order valence-corrected chi connectivity index (χ0v) is 18.7. The van der Waals surface area contributed by atoms with E-state index < -0.39 is 10.0 Å². The molecule has 0 bridgehead atoms. The molecule has 0 aliphatic heterocycles. The second-order valence-electron chi connectivity index (χ2n) is 7.05. The molecule has 0 fully saturated rings. The number of nitrogens with zero attached hydrogens (tertiary/aromatic N) is 1. The Kier molecular flexibility index (Phi) is 7.93. The fourth-order valence-corrected chi connectivity index (χ4v) is 4.22. The van der Waals surface area contributed by atoms with Crippen molar-refractivity contribution < 1.29 is 17.9 Å². The van der Waals surface area contributed by atoms with Gasteiger partial charge in [-0.2, -0.15) is 0 Å². The molecule has 0 saturated carbocycles. The number of amides is 1. The highest BCUT2D eigenvalue weighted by atomic mass is 35.5. The largest absolute Gasteiger partial charge is 0.495 e. The van der Waals surface area contributed by atoms with Crippen molar-refractivity contribution in [3.8, 4) is 5.75 Å². The molecule has 2 aromatic rings. The average molecular weight is 439 g/mol. The minimum absolute atomic E-state index is 0.153. The van der Waals surface area contributed by atoms with Crippen molar-refractivity contribution in [3.63, 3.8) is 0 Å². The van der Waals surface area contributed by atoms with E-state index in [0.29, 0.717) is 22.9 Å². The van der Waals surface area contributed by atoms with Gasteiger partial charge in [0.2, 0.25) is 15.9 Å². The number of methoxy groups -OCH3 is 1. The molecule has 0 radical (unpaired) electrons. The minimum Gasteiger partial charge on any atom is -0.495 e. The van der Waals surface area contributed by atoms with Crippen LogP contribution in [-0.4, -0.2) is 34.2 Å². The first-order valence-corrected chi connectivity index (χ1v) is 11.6. The molecule has 1 amide bonds. The number of hydrogen-bond acceptors (Lipinski definition) is 4. The Labute approximate surface area is 177 Å². The summed E-state index contributed by atoms with van der Waals surface area (Å²) >= 11 is 6.13. The Morgan fingerprint density at radius 3 is 2.48 bits per heavy atom. The molecule has 2 rings (SSSR count). The first-order chi connectivity index (χ1) is 13.6. The monoisotopic (exact) mass is 438 g/mol. The highest BCUT2D eigenvalue weighted by Gasteiger charge is 2.19. The van der Waals surface area contributed by atoms with Crippen molar-refractivity contribution in [2.75, 3.05) is 29.5 Å². The third kappa shape index (κ3) is 6.37. The Morgan fingerprint density at radius 1 is 1.21 bits per heavy atom. The molecule has 2 aromatic carbocycles. The number of anilines is 2. The van der Waals surface area contributed by atoms with E-state index in [1.165, 1.54) is 11.4 Å². The maximum absolute atomic E-state index is 12.4. The number of carbonyl (C=O) groups excluding carboxylic acids is 1. The number of nitrogens with one attached hydrogen (secondary N) is 1. The van der Waals surface area contributed by atoms with E-state index in [9.17, 15) is 13.2 Å². The van der Waals surface area contributed by atoms with Crippen LogP contribution in [0.2, 0.25) is 5.02 Å². The maximum atomic E-state index is 12.4. The molecule has 0 aliphatic carbocycles. The zero-order chi connectivity index (χ0) is 21.6. The van der Waals surface area contributed by atoms with Gasteiger partial charge in [0.1, 0.15) is 5.75 Å². The number of para-hydroxylation sites is 1. The molecule has 8 heteroatoms. The Morgan fingerprint density at radius 2 is 1.90 bits per heavy atom. The smallest absolute Gasteiger partial charge is 0.232 e. The Balaban J connectivity index is 2.04. The van der Waals surface area contributed by atoms with Gasteiger partial charge in [0.25, 0.3) is 0 Å². The third-order valence-electron chi connectivity index (χ3n) is 4.45. The van der Waals surface area contributed by atoms with E-state index in [-0.39, 0.29) is 24.8 Å². The van der Waals surface area contributed by atoms with Crippen LogP contribution in [0.4, 0.5) is 11.4 Å². The van der Waals surface area contributed by atoms with E-state index in [1.54, 1.807) is 18.2 Å². The van der Waals surface area contributed by atoms with E-state index in [4.69, 9.17) is 16.3 Å². The molecule has 0 saturated heterocycles. The second-order valence-corrected chi connectivity index (χ2v) is 9.36. The lowest BCUT2D eigenvalue weighted by atomic mass is 10.0. The van der Waals surface area contributed by atoms with Crippen molar-refractivity contribution in [3.05, 3.63) is 53.1 Å². The highest BCUT2D eigenvalue weighted by molar-refractivity contribution is 7.92. The van der Waals surface area contributed by atoms with E-state index in [2.05, 4.69) is 19.2 Å². The lowest BCUT2D eigenvalue weighted by Crippen LogP contribution is -2.31. The van der Waals surface area contributed by atoms with Gasteiger partial charge in [-0.25, -0.2) is 8.42 Å². The van der Waals surface area contributed by atoms with Crippen LogP contribution in [0.25, 0.3) is 0 Å². The highest BCUT2D eigenvalue weighted by Crippen LogP contribution is 2.30. The number of carbonyl (C=O) groups is 1. The Bertz CT molecular complexity index is 961. The molecule has 0 spiro atoms. The number of benzene rings is 2. The predicted octanol–water partition coefficient (Wildman–Crippen LogP) is 4.66. The maximum Gasteiger partial charge on any atom is 0.232 e. The van der Waals surface area contributed by atoms with Gasteiger partial charge in [0.15, 0.2) is 0 Å². The molecule has 0 atom stereocenters. The van der Waals surface area contributed by atoms with Crippen LogP contribution < -0.4 is 14.4 Å². The normalized spacial score (nSPS) is 11.4. The Hall–Kier alpha value is -2.25. The van der Waals surface area contributed by atoms with E-state index >= 15 is 0 Å². The molecule has 6 nitrogen and oxygen atoms in total. The zero-order valence-electron chi connectivity index (χ0n) is 17.1. The molecule has 0 aliphatic rings. The number of hydrogen-bond donors (Lipinski definition) is 1. The molecule has 0 unspecified atom stereocenters. The van der Waals surface area contributed by atoms with Crippen molar-refractivity contribution in [2.45, 2.75) is 32.6 Å². The van der Waals surface area contributed by atoms with Gasteiger partial charge in [-0.05, 0) is 42.2 Å². The summed E-state index contributed by atoms with van der Waals surface area (Å²) < 4.78 is 30.8. The summed E-state index contributed by atoms with van der Waals surface area (Å²) in [4.78, 5) is 12.4. The topological polar surface area (TPSA) is 75.7 Å².